The first-order valence-corrected chi connectivity index (χ1v) is 34.3. The van der Waals surface area contributed by atoms with Gasteiger partial charge in [-0.05, 0) is 89.9 Å². The van der Waals surface area contributed by atoms with Crippen LogP contribution in [0.1, 0.15) is 361 Å². The zero-order valence-corrected chi connectivity index (χ0v) is 52.2. The molecule has 0 amide bonds. The van der Waals surface area contributed by atoms with E-state index >= 15 is 0 Å². The van der Waals surface area contributed by atoms with E-state index in [1.807, 2.05) is 0 Å². The van der Waals surface area contributed by atoms with Gasteiger partial charge < -0.3 is 14.2 Å². The highest BCUT2D eigenvalue weighted by atomic mass is 16.6. The molecule has 0 aromatic heterocycles. The molecule has 0 rings (SSSR count). The molecule has 0 saturated carbocycles. The second-order valence-electron chi connectivity index (χ2n) is 23.1. The van der Waals surface area contributed by atoms with Crippen molar-refractivity contribution in [1.82, 2.24) is 0 Å². The van der Waals surface area contributed by atoms with Crippen molar-refractivity contribution < 1.29 is 28.6 Å². The molecule has 78 heavy (non-hydrogen) atoms. The summed E-state index contributed by atoms with van der Waals surface area (Å²) < 4.78 is 17.0. The van der Waals surface area contributed by atoms with Crippen molar-refractivity contribution in [3.8, 4) is 0 Å². The van der Waals surface area contributed by atoms with Gasteiger partial charge in [0, 0.05) is 19.3 Å². The van der Waals surface area contributed by atoms with E-state index in [1.165, 1.54) is 218 Å². The molecule has 0 spiro atoms. The fraction of sp³-hybridized carbons (Fsp3) is 0.819. The highest BCUT2D eigenvalue weighted by Crippen LogP contribution is 2.18. The summed E-state index contributed by atoms with van der Waals surface area (Å²) in [6, 6.07) is 0. The fourth-order valence-corrected chi connectivity index (χ4v) is 10.1. The molecular formula is C72H130O6. The Labute approximate surface area is 485 Å². The van der Waals surface area contributed by atoms with Gasteiger partial charge in [0.1, 0.15) is 13.2 Å². The van der Waals surface area contributed by atoms with Gasteiger partial charge in [-0.15, -0.1) is 0 Å². The van der Waals surface area contributed by atoms with Gasteiger partial charge in [-0.2, -0.15) is 0 Å². The first-order chi connectivity index (χ1) is 38.5. The molecule has 0 aliphatic heterocycles. The average molecular weight is 1090 g/mol. The van der Waals surface area contributed by atoms with Gasteiger partial charge in [-0.25, -0.2) is 0 Å². The molecule has 1 unspecified atom stereocenters. The molecule has 0 aromatic rings. The molecule has 0 N–H and O–H groups in total. The van der Waals surface area contributed by atoms with Crippen molar-refractivity contribution >= 4 is 17.9 Å². The van der Waals surface area contributed by atoms with Crippen LogP contribution in [-0.4, -0.2) is 37.2 Å². The number of carbonyl (C=O) groups is 3. The zero-order valence-electron chi connectivity index (χ0n) is 52.2. The molecule has 454 valence electrons. The summed E-state index contributed by atoms with van der Waals surface area (Å²) >= 11 is 0. The largest absolute Gasteiger partial charge is 0.462 e. The summed E-state index contributed by atoms with van der Waals surface area (Å²) in [4.78, 5) is 38.4. The molecule has 6 nitrogen and oxygen atoms in total. The number of rotatable bonds is 63. The van der Waals surface area contributed by atoms with Crippen molar-refractivity contribution in [3.63, 3.8) is 0 Å². The van der Waals surface area contributed by atoms with Crippen LogP contribution in [0.2, 0.25) is 0 Å². The molecule has 0 fully saturated rings. The number of carbonyl (C=O) groups excluding carboxylic acids is 3. The van der Waals surface area contributed by atoms with Gasteiger partial charge >= 0.3 is 17.9 Å². The molecular weight excluding hydrogens is 961 g/mol. The third-order valence-corrected chi connectivity index (χ3v) is 15.2. The molecule has 1 atom stereocenters. The first-order valence-electron chi connectivity index (χ1n) is 34.3. The van der Waals surface area contributed by atoms with Gasteiger partial charge in [0.05, 0.1) is 0 Å². The van der Waals surface area contributed by atoms with E-state index in [1.54, 1.807) is 0 Å². The van der Waals surface area contributed by atoms with E-state index in [4.69, 9.17) is 14.2 Å². The normalized spacial score (nSPS) is 12.4. The van der Waals surface area contributed by atoms with Crippen molar-refractivity contribution in [3.05, 3.63) is 60.8 Å². The summed E-state index contributed by atoms with van der Waals surface area (Å²) in [5.74, 6) is -0.888. The smallest absolute Gasteiger partial charge is 0.306 e. The lowest BCUT2D eigenvalue weighted by Crippen LogP contribution is -2.30. The minimum atomic E-state index is -0.787. The molecule has 0 aromatic carbocycles. The summed E-state index contributed by atoms with van der Waals surface area (Å²) in [6.07, 6.45) is 85.3. The van der Waals surface area contributed by atoms with Crippen LogP contribution in [0.5, 0.6) is 0 Å². The highest BCUT2D eigenvalue weighted by Gasteiger charge is 2.19. The Balaban J connectivity index is 4.29. The Kier molecular flexibility index (Phi) is 64.2. The van der Waals surface area contributed by atoms with Gasteiger partial charge in [-0.3, -0.25) is 14.4 Å². The van der Waals surface area contributed by atoms with Gasteiger partial charge in [0.2, 0.25) is 0 Å². The van der Waals surface area contributed by atoms with Crippen LogP contribution in [0, 0.1) is 0 Å². The molecule has 0 radical (unpaired) electrons. The van der Waals surface area contributed by atoms with Crippen LogP contribution in [0.3, 0.4) is 0 Å². The van der Waals surface area contributed by atoms with E-state index in [0.717, 1.165) is 103 Å². The number of hydrogen-bond donors (Lipinski definition) is 0. The molecule has 0 heterocycles. The maximum Gasteiger partial charge on any atom is 0.306 e. The summed E-state index contributed by atoms with van der Waals surface area (Å²) in [5, 5.41) is 0. The highest BCUT2D eigenvalue weighted by molar-refractivity contribution is 5.71. The Morgan fingerprint density at radius 1 is 0.256 bits per heavy atom. The quantitative estimate of drug-likeness (QED) is 0.0261. The minimum absolute atomic E-state index is 0.0811. The third kappa shape index (κ3) is 63.9. The molecule has 6 heteroatoms. The van der Waals surface area contributed by atoms with E-state index in [0.29, 0.717) is 19.3 Å². The second-order valence-corrected chi connectivity index (χ2v) is 23.1. The average Bonchev–Trinajstić information content (AvgIpc) is 3.44. The van der Waals surface area contributed by atoms with Crippen LogP contribution < -0.4 is 0 Å². The summed E-state index contributed by atoms with van der Waals surface area (Å²) in [7, 11) is 0. The monoisotopic (exact) mass is 1090 g/mol. The van der Waals surface area contributed by atoms with Gasteiger partial charge in [0.15, 0.2) is 6.10 Å². The number of allylic oxidation sites excluding steroid dienone is 10. The molecule has 0 saturated heterocycles. The molecule has 0 aliphatic carbocycles. The number of hydrogen-bond acceptors (Lipinski definition) is 6. The number of ether oxygens (including phenoxy) is 3. The lowest BCUT2D eigenvalue weighted by Gasteiger charge is -2.18. The van der Waals surface area contributed by atoms with E-state index in [9.17, 15) is 14.4 Å². The fourth-order valence-electron chi connectivity index (χ4n) is 10.1. The molecule has 0 bridgehead atoms. The lowest BCUT2D eigenvalue weighted by molar-refractivity contribution is -0.167. The zero-order chi connectivity index (χ0) is 56.4. The third-order valence-electron chi connectivity index (χ3n) is 15.2. The number of unbranched alkanes of at least 4 members (excludes halogenated alkanes) is 42. The maximum atomic E-state index is 12.9. The Bertz CT molecular complexity index is 1390. The van der Waals surface area contributed by atoms with Crippen molar-refractivity contribution in [2.75, 3.05) is 13.2 Å². The van der Waals surface area contributed by atoms with E-state index < -0.39 is 6.10 Å². The van der Waals surface area contributed by atoms with Crippen LogP contribution in [0.15, 0.2) is 60.8 Å². The minimum Gasteiger partial charge on any atom is -0.462 e. The van der Waals surface area contributed by atoms with E-state index in [-0.39, 0.29) is 31.1 Å². The summed E-state index contributed by atoms with van der Waals surface area (Å²) in [6.45, 7) is 6.62. The van der Waals surface area contributed by atoms with Crippen LogP contribution in [0.4, 0.5) is 0 Å². The standard InChI is InChI=1S/C72H130O6/c1-4-7-10-13-16-19-22-25-28-30-32-33-34-35-36-37-38-40-41-44-47-50-53-56-59-62-65-71(74)77-68-69(67-76-70(73)64-61-58-55-52-49-46-43-27-24-21-18-15-12-9-6-3)78-72(75)66-63-60-57-54-51-48-45-42-39-31-29-26-23-20-17-14-11-8-5-2/h17-18,20-21,26-27,29,39,42-43,69H,4-16,19,22-25,28,30-38,40-41,44-68H2,1-3H3/b20-17-,21-18-,29-26-,42-39-,43-27-. The van der Waals surface area contributed by atoms with Crippen LogP contribution in [-0.2, 0) is 28.6 Å². The van der Waals surface area contributed by atoms with Gasteiger partial charge in [0.25, 0.3) is 0 Å². The lowest BCUT2D eigenvalue weighted by atomic mass is 10.0. The predicted octanol–water partition coefficient (Wildman–Crippen LogP) is 23.5. The van der Waals surface area contributed by atoms with Crippen LogP contribution in [0.25, 0.3) is 0 Å². The second kappa shape index (κ2) is 66.6. The maximum absolute atomic E-state index is 12.9. The van der Waals surface area contributed by atoms with E-state index in [2.05, 4.69) is 81.5 Å². The topological polar surface area (TPSA) is 78.9 Å². The van der Waals surface area contributed by atoms with Gasteiger partial charge in [-0.1, -0.05) is 313 Å². The molecule has 0 aliphatic rings. The Hall–Kier alpha value is -2.89. The van der Waals surface area contributed by atoms with Crippen LogP contribution >= 0.6 is 0 Å². The SMILES string of the molecule is CCCCC/C=C\C/C=C\C/C=C\CCCCCCCCC(=O)OC(COC(=O)CCCCCCC/C=C\C/C=C\CCCCC)COC(=O)CCCCCCCCCCCCCCCCCCCCCCCCCCCC. The number of esters is 3. The van der Waals surface area contributed by atoms with Crippen molar-refractivity contribution in [2.45, 2.75) is 367 Å². The Morgan fingerprint density at radius 2 is 0.462 bits per heavy atom. The van der Waals surface area contributed by atoms with Crippen molar-refractivity contribution in [1.29, 1.82) is 0 Å². The first kappa shape index (κ1) is 75.1. The Morgan fingerprint density at radius 3 is 0.744 bits per heavy atom. The van der Waals surface area contributed by atoms with Crippen molar-refractivity contribution in [2.24, 2.45) is 0 Å². The predicted molar refractivity (Wildman–Crippen MR) is 339 cm³/mol. The summed E-state index contributed by atoms with van der Waals surface area (Å²) in [5.41, 5.74) is 0.